The van der Waals surface area contributed by atoms with Crippen molar-refractivity contribution < 1.29 is 4.39 Å². The number of pyridine rings is 1. The van der Waals surface area contributed by atoms with E-state index in [1.807, 2.05) is 31.8 Å². The normalized spacial score (nSPS) is 14.4. The lowest BCUT2D eigenvalue weighted by molar-refractivity contribution is 0.482. The van der Waals surface area contributed by atoms with Gasteiger partial charge < -0.3 is 5.32 Å². The summed E-state index contributed by atoms with van der Waals surface area (Å²) in [6.07, 6.45) is 3.12. The number of aromatic nitrogens is 3. The number of nitrogens with zero attached hydrogens (tertiary/aromatic N) is 3. The number of nitrogens with one attached hydrogen (secondary N) is 1. The first-order valence-corrected chi connectivity index (χ1v) is 6.35. The summed E-state index contributed by atoms with van der Waals surface area (Å²) in [5.41, 5.74) is 3.13. The highest BCUT2D eigenvalue weighted by Gasteiger charge is 2.15. The van der Waals surface area contributed by atoms with E-state index in [4.69, 9.17) is 0 Å². The van der Waals surface area contributed by atoms with Crippen LogP contribution in [0.25, 0.3) is 0 Å². The molecule has 0 saturated carbocycles. The molecular formula is C14H19FN4. The van der Waals surface area contributed by atoms with E-state index >= 15 is 0 Å². The van der Waals surface area contributed by atoms with Crippen LogP contribution >= 0.6 is 0 Å². The average Bonchev–Trinajstić information content (AvgIpc) is 2.70. The molecule has 102 valence electrons. The minimum Gasteiger partial charge on any atom is -0.302 e. The Morgan fingerprint density at radius 3 is 2.47 bits per heavy atom. The Hall–Kier alpha value is -1.75. The Kier molecular flexibility index (Phi) is 3.95. The number of halogens is 1. The smallest absolute Gasteiger partial charge is 0.141 e. The molecule has 0 radical (unpaired) electrons. The summed E-state index contributed by atoms with van der Waals surface area (Å²) < 4.78 is 14.7. The molecule has 0 bridgehead atoms. The highest BCUT2D eigenvalue weighted by molar-refractivity contribution is 5.20. The largest absolute Gasteiger partial charge is 0.302 e. The molecule has 2 unspecified atom stereocenters. The molecule has 0 amide bonds. The fraction of sp³-hybridized carbons (Fsp3) is 0.429. The second-order valence-electron chi connectivity index (χ2n) is 4.82. The third kappa shape index (κ3) is 2.98. The van der Waals surface area contributed by atoms with Gasteiger partial charge in [-0.2, -0.15) is 5.10 Å². The molecule has 0 fully saturated rings. The van der Waals surface area contributed by atoms with E-state index in [0.29, 0.717) is 0 Å². The second kappa shape index (κ2) is 5.48. The molecule has 5 heteroatoms. The van der Waals surface area contributed by atoms with E-state index in [-0.39, 0.29) is 17.9 Å². The van der Waals surface area contributed by atoms with Gasteiger partial charge in [-0.3, -0.25) is 9.67 Å². The van der Waals surface area contributed by atoms with Gasteiger partial charge in [0.1, 0.15) is 5.82 Å². The predicted molar refractivity (Wildman–Crippen MR) is 72.1 cm³/mol. The van der Waals surface area contributed by atoms with Gasteiger partial charge in [-0.25, -0.2) is 4.39 Å². The molecule has 2 heterocycles. The second-order valence-corrected chi connectivity index (χ2v) is 4.82. The van der Waals surface area contributed by atoms with Gasteiger partial charge in [-0.15, -0.1) is 0 Å². The van der Waals surface area contributed by atoms with E-state index in [1.54, 1.807) is 6.07 Å². The topological polar surface area (TPSA) is 42.7 Å². The third-order valence-electron chi connectivity index (χ3n) is 3.43. The van der Waals surface area contributed by atoms with Crippen molar-refractivity contribution >= 4 is 0 Å². The van der Waals surface area contributed by atoms with Gasteiger partial charge in [0.2, 0.25) is 0 Å². The number of hydrogen-bond donors (Lipinski definition) is 1. The lowest BCUT2D eigenvalue weighted by Gasteiger charge is -2.19. The molecule has 0 aromatic carbocycles. The van der Waals surface area contributed by atoms with Crippen molar-refractivity contribution in [3.63, 3.8) is 0 Å². The van der Waals surface area contributed by atoms with Gasteiger partial charge >= 0.3 is 0 Å². The summed E-state index contributed by atoms with van der Waals surface area (Å²) in [4.78, 5) is 4.09. The van der Waals surface area contributed by atoms with Crippen LogP contribution in [-0.2, 0) is 7.05 Å². The van der Waals surface area contributed by atoms with Crippen LogP contribution in [0, 0.1) is 12.7 Å². The minimum absolute atomic E-state index is 0.0511. The molecule has 19 heavy (non-hydrogen) atoms. The van der Waals surface area contributed by atoms with Crippen molar-refractivity contribution in [2.24, 2.45) is 7.05 Å². The molecule has 0 aliphatic heterocycles. The van der Waals surface area contributed by atoms with Gasteiger partial charge in [0.05, 0.1) is 18.1 Å². The predicted octanol–water partition coefficient (Wildman–Crippen LogP) is 2.67. The van der Waals surface area contributed by atoms with Crippen molar-refractivity contribution in [1.82, 2.24) is 20.1 Å². The fourth-order valence-electron chi connectivity index (χ4n) is 2.13. The molecule has 0 aliphatic carbocycles. The molecule has 0 aliphatic rings. The van der Waals surface area contributed by atoms with Crippen LogP contribution < -0.4 is 5.32 Å². The average molecular weight is 262 g/mol. The molecule has 4 nitrogen and oxygen atoms in total. The molecule has 2 aromatic rings. The summed E-state index contributed by atoms with van der Waals surface area (Å²) in [5, 5.41) is 7.69. The van der Waals surface area contributed by atoms with Gasteiger partial charge in [-0.1, -0.05) is 0 Å². The monoisotopic (exact) mass is 262 g/mol. The van der Waals surface area contributed by atoms with Crippen LogP contribution in [-0.4, -0.2) is 14.8 Å². The Bertz CT molecular complexity index is 547. The quantitative estimate of drug-likeness (QED) is 0.921. The van der Waals surface area contributed by atoms with Gasteiger partial charge in [-0.05, 0) is 32.9 Å². The van der Waals surface area contributed by atoms with Crippen LogP contribution in [0.15, 0.2) is 24.5 Å². The van der Waals surface area contributed by atoms with Crippen LogP contribution in [0.2, 0.25) is 0 Å². The van der Waals surface area contributed by atoms with Crippen molar-refractivity contribution in [3.8, 4) is 0 Å². The van der Waals surface area contributed by atoms with Crippen LogP contribution in [0.3, 0.4) is 0 Å². The highest BCUT2D eigenvalue weighted by atomic mass is 19.1. The molecule has 2 aromatic heterocycles. The summed E-state index contributed by atoms with van der Waals surface area (Å²) in [5.74, 6) is -0.313. The Morgan fingerprint density at radius 2 is 1.95 bits per heavy atom. The van der Waals surface area contributed by atoms with Gasteiger partial charge in [0.25, 0.3) is 0 Å². The van der Waals surface area contributed by atoms with Gasteiger partial charge in [0, 0.05) is 30.4 Å². The Balaban J connectivity index is 2.08. The molecule has 1 N–H and O–H groups in total. The van der Waals surface area contributed by atoms with Gasteiger partial charge in [0.15, 0.2) is 0 Å². The molecular weight excluding hydrogens is 243 g/mol. The minimum atomic E-state index is -0.313. The maximum Gasteiger partial charge on any atom is 0.141 e. The number of hydrogen-bond acceptors (Lipinski definition) is 3. The zero-order valence-corrected chi connectivity index (χ0v) is 11.7. The van der Waals surface area contributed by atoms with Crippen molar-refractivity contribution in [2.75, 3.05) is 0 Å². The van der Waals surface area contributed by atoms with Crippen LogP contribution in [0.4, 0.5) is 4.39 Å². The molecule has 2 rings (SSSR count). The number of aryl methyl sites for hydroxylation is 1. The van der Waals surface area contributed by atoms with E-state index < -0.39 is 0 Å². The van der Waals surface area contributed by atoms with E-state index in [0.717, 1.165) is 17.0 Å². The van der Waals surface area contributed by atoms with Crippen molar-refractivity contribution in [2.45, 2.75) is 32.9 Å². The van der Waals surface area contributed by atoms with E-state index in [2.05, 4.69) is 22.3 Å². The molecule has 2 atom stereocenters. The highest BCUT2D eigenvalue weighted by Crippen LogP contribution is 2.20. The first kappa shape index (κ1) is 13.7. The molecule has 0 spiro atoms. The van der Waals surface area contributed by atoms with Crippen LogP contribution in [0.1, 0.15) is 42.9 Å². The maximum absolute atomic E-state index is 12.8. The van der Waals surface area contributed by atoms with Crippen molar-refractivity contribution in [1.29, 1.82) is 0 Å². The van der Waals surface area contributed by atoms with Crippen molar-refractivity contribution in [3.05, 3.63) is 47.3 Å². The zero-order chi connectivity index (χ0) is 14.0. The zero-order valence-electron chi connectivity index (χ0n) is 11.7. The first-order chi connectivity index (χ1) is 8.99. The van der Waals surface area contributed by atoms with E-state index in [9.17, 15) is 4.39 Å². The first-order valence-electron chi connectivity index (χ1n) is 6.35. The lowest BCUT2D eigenvalue weighted by atomic mass is 10.1. The summed E-state index contributed by atoms with van der Waals surface area (Å²) in [6.45, 7) is 6.15. The van der Waals surface area contributed by atoms with E-state index in [1.165, 1.54) is 12.3 Å². The number of rotatable bonds is 4. The maximum atomic E-state index is 12.8. The lowest BCUT2D eigenvalue weighted by Crippen LogP contribution is -2.23. The summed E-state index contributed by atoms with van der Waals surface area (Å²) in [6, 6.07) is 3.35. The summed E-state index contributed by atoms with van der Waals surface area (Å²) in [7, 11) is 1.93. The Labute approximate surface area is 112 Å². The third-order valence-corrected chi connectivity index (χ3v) is 3.43. The SMILES string of the molecule is Cc1c(C(C)NC(C)c2ccc(F)cn2)cnn1C. The fourth-order valence-corrected chi connectivity index (χ4v) is 2.13. The molecule has 0 saturated heterocycles. The standard InChI is InChI=1S/C14H19FN4/c1-9(13-8-17-19(4)11(13)3)18-10(2)14-6-5-12(15)7-16-14/h5-10,18H,1-4H3. The Morgan fingerprint density at radius 1 is 1.21 bits per heavy atom. The van der Waals surface area contributed by atoms with Crippen LogP contribution in [0.5, 0.6) is 0 Å². The summed E-state index contributed by atoms with van der Waals surface area (Å²) >= 11 is 0.